The van der Waals surface area contributed by atoms with Gasteiger partial charge in [-0.2, -0.15) is 4.98 Å². The number of nitrogens with zero attached hydrogens (tertiary/aromatic N) is 6. The largest absolute Gasteiger partial charge is 0.337 e. The van der Waals surface area contributed by atoms with E-state index in [1.165, 1.54) is 5.56 Å². The van der Waals surface area contributed by atoms with Gasteiger partial charge in [0.25, 0.3) is 0 Å². The first-order valence-electron chi connectivity index (χ1n) is 7.78. The Hall–Kier alpha value is -2.54. The zero-order chi connectivity index (χ0) is 15.6. The lowest BCUT2D eigenvalue weighted by molar-refractivity contribution is 0.201. The third-order valence-corrected chi connectivity index (χ3v) is 4.15. The van der Waals surface area contributed by atoms with Crippen LogP contribution in [-0.4, -0.2) is 36.6 Å². The minimum absolute atomic E-state index is 0.174. The lowest BCUT2D eigenvalue weighted by Crippen LogP contribution is -2.22. The molecule has 0 amide bonds. The van der Waals surface area contributed by atoms with Crippen LogP contribution in [0, 0.1) is 0 Å². The Bertz CT molecular complexity index is 781. The molecule has 1 aliphatic rings. The quantitative estimate of drug-likeness (QED) is 0.735. The monoisotopic (exact) mass is 310 g/mol. The molecule has 7 heteroatoms. The molecule has 3 aromatic rings. The van der Waals surface area contributed by atoms with Crippen LogP contribution in [-0.2, 0) is 13.6 Å². The fraction of sp³-hybridized carbons (Fsp3) is 0.375. The predicted octanol–water partition coefficient (Wildman–Crippen LogP) is 2.20. The molecule has 0 aliphatic carbocycles. The standard InChI is InChI=1S/C16H18N6O/c1-21-11-13(18-20-21)15-17-16(23-19-15)14-8-5-9-22(14)10-12-6-3-2-4-7-12/h2-4,6-7,11,14H,5,8-10H2,1H3. The molecule has 2 aromatic heterocycles. The van der Waals surface area contributed by atoms with Crippen LogP contribution in [0.3, 0.4) is 0 Å². The first kappa shape index (κ1) is 14.1. The minimum Gasteiger partial charge on any atom is -0.337 e. The van der Waals surface area contributed by atoms with Gasteiger partial charge < -0.3 is 4.52 Å². The second-order valence-electron chi connectivity index (χ2n) is 5.85. The highest BCUT2D eigenvalue weighted by atomic mass is 16.5. The van der Waals surface area contributed by atoms with E-state index in [1.54, 1.807) is 10.9 Å². The molecule has 0 spiro atoms. The van der Waals surface area contributed by atoms with E-state index in [9.17, 15) is 0 Å². The minimum atomic E-state index is 0.174. The number of benzene rings is 1. The molecule has 1 aliphatic heterocycles. The smallest absolute Gasteiger partial charge is 0.244 e. The van der Waals surface area contributed by atoms with Crippen molar-refractivity contribution in [2.75, 3.05) is 6.54 Å². The Balaban J connectivity index is 1.54. The van der Waals surface area contributed by atoms with Crippen molar-refractivity contribution in [3.8, 4) is 11.5 Å². The van der Waals surface area contributed by atoms with Gasteiger partial charge in [0.2, 0.25) is 11.7 Å². The molecular formula is C16H18N6O. The molecule has 0 bridgehead atoms. The van der Waals surface area contributed by atoms with E-state index >= 15 is 0 Å². The van der Waals surface area contributed by atoms with Crippen molar-refractivity contribution >= 4 is 0 Å². The zero-order valence-corrected chi connectivity index (χ0v) is 13.0. The van der Waals surface area contributed by atoms with Gasteiger partial charge in [-0.15, -0.1) is 5.10 Å². The Kier molecular flexibility index (Phi) is 3.63. The maximum atomic E-state index is 5.50. The van der Waals surface area contributed by atoms with Crippen LogP contribution in [0.4, 0.5) is 0 Å². The average molecular weight is 310 g/mol. The fourth-order valence-corrected chi connectivity index (χ4v) is 3.04. The highest BCUT2D eigenvalue weighted by molar-refractivity contribution is 5.45. The summed E-state index contributed by atoms with van der Waals surface area (Å²) in [5.41, 5.74) is 1.93. The summed E-state index contributed by atoms with van der Waals surface area (Å²) in [5.74, 6) is 1.17. The van der Waals surface area contributed by atoms with Gasteiger partial charge in [0.05, 0.1) is 12.2 Å². The summed E-state index contributed by atoms with van der Waals surface area (Å²) in [6, 6.07) is 10.6. The van der Waals surface area contributed by atoms with Crippen LogP contribution in [0.15, 0.2) is 41.1 Å². The van der Waals surface area contributed by atoms with Crippen LogP contribution < -0.4 is 0 Å². The summed E-state index contributed by atoms with van der Waals surface area (Å²) in [6.07, 6.45) is 3.96. The molecule has 0 saturated carbocycles. The highest BCUT2D eigenvalue weighted by Crippen LogP contribution is 2.32. The van der Waals surface area contributed by atoms with Crippen molar-refractivity contribution in [3.63, 3.8) is 0 Å². The van der Waals surface area contributed by atoms with Crippen molar-refractivity contribution in [2.45, 2.75) is 25.4 Å². The first-order valence-corrected chi connectivity index (χ1v) is 7.78. The summed E-state index contributed by atoms with van der Waals surface area (Å²) in [6.45, 7) is 1.94. The molecule has 1 atom stereocenters. The number of likely N-dealkylation sites (tertiary alicyclic amines) is 1. The van der Waals surface area contributed by atoms with Gasteiger partial charge in [0, 0.05) is 13.6 Å². The van der Waals surface area contributed by atoms with E-state index in [2.05, 4.69) is 49.6 Å². The Labute approximate surface area is 133 Å². The third kappa shape index (κ3) is 2.87. The van der Waals surface area contributed by atoms with Crippen LogP contribution in [0.2, 0.25) is 0 Å². The average Bonchev–Trinajstić information content (AvgIpc) is 3.28. The molecule has 1 unspecified atom stereocenters. The predicted molar refractivity (Wildman–Crippen MR) is 83.1 cm³/mol. The maximum Gasteiger partial charge on any atom is 0.244 e. The van der Waals surface area contributed by atoms with Gasteiger partial charge in [0.15, 0.2) is 5.69 Å². The molecule has 23 heavy (non-hydrogen) atoms. The Morgan fingerprint density at radius 1 is 1.26 bits per heavy atom. The van der Waals surface area contributed by atoms with Gasteiger partial charge in [-0.3, -0.25) is 9.58 Å². The van der Waals surface area contributed by atoms with Gasteiger partial charge in [0.1, 0.15) is 0 Å². The van der Waals surface area contributed by atoms with Crippen molar-refractivity contribution in [3.05, 3.63) is 48.0 Å². The van der Waals surface area contributed by atoms with Crippen molar-refractivity contribution < 1.29 is 4.52 Å². The van der Waals surface area contributed by atoms with Gasteiger partial charge in [-0.05, 0) is 24.9 Å². The summed E-state index contributed by atoms with van der Waals surface area (Å²) in [5, 5.41) is 12.0. The van der Waals surface area contributed by atoms with E-state index in [0.717, 1.165) is 25.9 Å². The summed E-state index contributed by atoms with van der Waals surface area (Å²) in [7, 11) is 1.82. The summed E-state index contributed by atoms with van der Waals surface area (Å²) >= 11 is 0. The van der Waals surface area contributed by atoms with E-state index in [4.69, 9.17) is 4.52 Å². The number of hydrogen-bond acceptors (Lipinski definition) is 6. The van der Waals surface area contributed by atoms with Gasteiger partial charge >= 0.3 is 0 Å². The van der Waals surface area contributed by atoms with Crippen molar-refractivity contribution in [2.24, 2.45) is 7.05 Å². The number of aromatic nitrogens is 5. The van der Waals surface area contributed by atoms with Crippen LogP contribution in [0.25, 0.3) is 11.5 Å². The van der Waals surface area contributed by atoms with Crippen molar-refractivity contribution in [1.82, 2.24) is 30.0 Å². The second kappa shape index (κ2) is 5.92. The summed E-state index contributed by atoms with van der Waals surface area (Å²) < 4.78 is 7.13. The molecule has 3 heterocycles. The lowest BCUT2D eigenvalue weighted by atomic mass is 10.2. The Morgan fingerprint density at radius 2 is 2.13 bits per heavy atom. The molecule has 4 rings (SSSR count). The topological polar surface area (TPSA) is 72.9 Å². The van der Waals surface area contributed by atoms with Crippen LogP contribution >= 0.6 is 0 Å². The highest BCUT2D eigenvalue weighted by Gasteiger charge is 2.31. The lowest BCUT2D eigenvalue weighted by Gasteiger charge is -2.21. The molecule has 1 aromatic carbocycles. The van der Waals surface area contributed by atoms with E-state index < -0.39 is 0 Å². The van der Waals surface area contributed by atoms with E-state index in [0.29, 0.717) is 17.4 Å². The normalized spacial score (nSPS) is 18.6. The van der Waals surface area contributed by atoms with E-state index in [1.807, 2.05) is 13.1 Å². The Morgan fingerprint density at radius 3 is 2.91 bits per heavy atom. The second-order valence-corrected chi connectivity index (χ2v) is 5.85. The molecule has 0 radical (unpaired) electrons. The van der Waals surface area contributed by atoms with Gasteiger partial charge in [-0.25, -0.2) is 0 Å². The van der Waals surface area contributed by atoms with Crippen LogP contribution in [0.5, 0.6) is 0 Å². The molecule has 1 saturated heterocycles. The number of rotatable bonds is 4. The van der Waals surface area contributed by atoms with Gasteiger partial charge in [-0.1, -0.05) is 40.7 Å². The SMILES string of the molecule is Cn1cc(-c2noc(C3CCCN3Cc3ccccc3)n2)nn1. The molecule has 0 N–H and O–H groups in total. The number of hydrogen-bond donors (Lipinski definition) is 0. The number of aryl methyl sites for hydroxylation is 1. The molecule has 1 fully saturated rings. The molecule has 7 nitrogen and oxygen atoms in total. The molecule has 118 valence electrons. The maximum absolute atomic E-state index is 5.50. The van der Waals surface area contributed by atoms with E-state index in [-0.39, 0.29) is 6.04 Å². The fourth-order valence-electron chi connectivity index (χ4n) is 3.04. The van der Waals surface area contributed by atoms with Crippen molar-refractivity contribution in [1.29, 1.82) is 0 Å². The zero-order valence-electron chi connectivity index (χ0n) is 13.0. The third-order valence-electron chi connectivity index (χ3n) is 4.15. The summed E-state index contributed by atoms with van der Waals surface area (Å²) in [4.78, 5) is 6.92. The molecular weight excluding hydrogens is 292 g/mol. The van der Waals surface area contributed by atoms with Crippen LogP contribution in [0.1, 0.15) is 30.3 Å². The first-order chi connectivity index (χ1) is 11.3.